The molecular formula is C24H25N3O3S. The number of carbonyl (C=O) groups excluding carboxylic acids is 1. The lowest BCUT2D eigenvalue weighted by molar-refractivity contribution is 0.0934. The van der Waals surface area contributed by atoms with Crippen molar-refractivity contribution in [3.8, 4) is 11.5 Å². The van der Waals surface area contributed by atoms with Crippen LogP contribution in [0, 0.1) is 0 Å². The molecule has 0 bridgehead atoms. The molecule has 2 aliphatic heterocycles. The van der Waals surface area contributed by atoms with Crippen molar-refractivity contribution in [1.29, 1.82) is 0 Å². The topological polar surface area (TPSA) is 62.8 Å². The van der Waals surface area contributed by atoms with Crippen LogP contribution < -0.4 is 20.1 Å². The fraction of sp³-hybridized carbons (Fsp3) is 0.292. The van der Waals surface area contributed by atoms with Crippen LogP contribution in [-0.2, 0) is 19.5 Å². The van der Waals surface area contributed by atoms with E-state index in [1.807, 2.05) is 24.3 Å². The molecule has 0 radical (unpaired) electrons. The van der Waals surface area contributed by atoms with Crippen LogP contribution in [0.25, 0.3) is 0 Å². The average molecular weight is 436 g/mol. The van der Waals surface area contributed by atoms with Crippen molar-refractivity contribution in [3.63, 3.8) is 0 Å². The van der Waals surface area contributed by atoms with Crippen molar-refractivity contribution in [2.45, 2.75) is 25.7 Å². The summed E-state index contributed by atoms with van der Waals surface area (Å²) in [5.74, 6) is 1.37. The Balaban J connectivity index is 1.39. The standard InChI is InChI=1S/C24H25N3O3S/c1-29-16-8-9-17(19(12-16)30-2)22-25-23(28)21-18-10-11-27(13-15-6-4-3-5-7-15)14-20(18)31-24(21)26-22/h3-9,12,22,26H,10-11,13-14H2,1-2H3,(H,25,28)/t22-/m1/s1. The van der Waals surface area contributed by atoms with Crippen LogP contribution in [0.1, 0.15) is 38.1 Å². The largest absolute Gasteiger partial charge is 0.497 e. The number of amides is 1. The summed E-state index contributed by atoms with van der Waals surface area (Å²) in [5, 5.41) is 7.58. The number of carbonyl (C=O) groups is 1. The molecule has 0 fully saturated rings. The lowest BCUT2D eigenvalue weighted by Crippen LogP contribution is -2.39. The van der Waals surface area contributed by atoms with Gasteiger partial charge in [0.05, 0.1) is 19.8 Å². The predicted octanol–water partition coefficient (Wildman–Crippen LogP) is 4.18. The fourth-order valence-electron chi connectivity index (χ4n) is 4.36. The Bertz CT molecular complexity index is 1110. The minimum absolute atomic E-state index is 0.0226. The molecule has 0 unspecified atom stereocenters. The van der Waals surface area contributed by atoms with Crippen molar-refractivity contribution in [2.75, 3.05) is 26.1 Å². The van der Waals surface area contributed by atoms with Crippen LogP contribution in [0.5, 0.6) is 11.5 Å². The first-order valence-corrected chi connectivity index (χ1v) is 11.2. The van der Waals surface area contributed by atoms with E-state index in [4.69, 9.17) is 9.47 Å². The molecule has 1 aromatic heterocycles. The van der Waals surface area contributed by atoms with E-state index in [9.17, 15) is 4.79 Å². The first-order valence-electron chi connectivity index (χ1n) is 10.4. The number of anilines is 1. The van der Waals surface area contributed by atoms with Crippen LogP contribution in [-0.4, -0.2) is 31.6 Å². The number of nitrogens with zero attached hydrogens (tertiary/aromatic N) is 1. The van der Waals surface area contributed by atoms with Gasteiger partial charge < -0.3 is 20.1 Å². The van der Waals surface area contributed by atoms with Gasteiger partial charge in [0.1, 0.15) is 22.7 Å². The quantitative estimate of drug-likeness (QED) is 0.630. The van der Waals surface area contributed by atoms with Gasteiger partial charge in [-0.3, -0.25) is 9.69 Å². The molecule has 2 N–H and O–H groups in total. The number of nitrogens with one attached hydrogen (secondary N) is 2. The summed E-state index contributed by atoms with van der Waals surface area (Å²) < 4.78 is 10.8. The predicted molar refractivity (Wildman–Crippen MR) is 122 cm³/mol. The van der Waals surface area contributed by atoms with Gasteiger partial charge in [0.2, 0.25) is 0 Å². The van der Waals surface area contributed by atoms with Gasteiger partial charge in [-0.15, -0.1) is 11.3 Å². The molecule has 3 aromatic rings. The van der Waals surface area contributed by atoms with Gasteiger partial charge in [0, 0.05) is 36.1 Å². The van der Waals surface area contributed by atoms with Crippen LogP contribution in [0.2, 0.25) is 0 Å². The third kappa shape index (κ3) is 3.75. The number of fused-ring (bicyclic) bond motifs is 3. The summed E-state index contributed by atoms with van der Waals surface area (Å²) in [6.07, 6.45) is 0.543. The van der Waals surface area contributed by atoms with Crippen molar-refractivity contribution in [2.24, 2.45) is 0 Å². The summed E-state index contributed by atoms with van der Waals surface area (Å²) in [6, 6.07) is 16.2. The molecule has 1 atom stereocenters. The zero-order valence-electron chi connectivity index (χ0n) is 17.6. The van der Waals surface area contributed by atoms with Crippen molar-refractivity contribution >= 4 is 22.2 Å². The van der Waals surface area contributed by atoms with Crippen LogP contribution in [0.3, 0.4) is 0 Å². The molecule has 5 rings (SSSR count). The van der Waals surface area contributed by atoms with E-state index in [-0.39, 0.29) is 12.1 Å². The van der Waals surface area contributed by atoms with Gasteiger partial charge in [-0.2, -0.15) is 0 Å². The summed E-state index contributed by atoms with van der Waals surface area (Å²) in [4.78, 5) is 16.8. The second-order valence-corrected chi connectivity index (χ2v) is 8.92. The van der Waals surface area contributed by atoms with Crippen LogP contribution >= 0.6 is 11.3 Å². The Morgan fingerprint density at radius 1 is 1.10 bits per heavy atom. The SMILES string of the molecule is COc1ccc([C@@H]2NC(=O)c3c(sc4c3CCN(Cc3ccccc3)C4)N2)c(OC)c1. The summed E-state index contributed by atoms with van der Waals surface area (Å²) >= 11 is 1.70. The maximum atomic E-state index is 13.1. The Kier molecular flexibility index (Phi) is 5.29. The molecule has 0 spiro atoms. The average Bonchev–Trinajstić information content (AvgIpc) is 3.17. The molecule has 160 valence electrons. The highest BCUT2D eigenvalue weighted by Gasteiger charge is 2.34. The van der Waals surface area contributed by atoms with E-state index < -0.39 is 0 Å². The van der Waals surface area contributed by atoms with Crippen molar-refractivity contribution in [1.82, 2.24) is 10.2 Å². The Hall–Kier alpha value is -3.03. The minimum Gasteiger partial charge on any atom is -0.497 e. The normalized spacial score (nSPS) is 17.9. The summed E-state index contributed by atoms with van der Waals surface area (Å²) in [7, 11) is 3.25. The highest BCUT2D eigenvalue weighted by molar-refractivity contribution is 7.16. The van der Waals surface area contributed by atoms with Gasteiger partial charge in [-0.1, -0.05) is 30.3 Å². The number of hydrogen-bond acceptors (Lipinski definition) is 6. The van der Waals surface area contributed by atoms with E-state index in [0.29, 0.717) is 11.5 Å². The first-order chi connectivity index (χ1) is 15.2. The number of methoxy groups -OCH3 is 2. The van der Waals surface area contributed by atoms with Crippen LogP contribution in [0.4, 0.5) is 5.00 Å². The maximum absolute atomic E-state index is 13.1. The zero-order valence-corrected chi connectivity index (χ0v) is 18.4. The van der Waals surface area contributed by atoms with Gasteiger partial charge in [0.15, 0.2) is 0 Å². The van der Waals surface area contributed by atoms with E-state index in [1.54, 1.807) is 25.6 Å². The summed E-state index contributed by atoms with van der Waals surface area (Å²) in [6.45, 7) is 2.75. The number of rotatable bonds is 5. The Morgan fingerprint density at radius 3 is 2.71 bits per heavy atom. The zero-order chi connectivity index (χ0) is 21.4. The Morgan fingerprint density at radius 2 is 1.94 bits per heavy atom. The number of ether oxygens (including phenoxy) is 2. The van der Waals surface area contributed by atoms with E-state index in [0.717, 1.165) is 42.2 Å². The molecule has 0 saturated heterocycles. The molecule has 0 saturated carbocycles. The molecular weight excluding hydrogens is 410 g/mol. The molecule has 0 aliphatic carbocycles. The van der Waals surface area contributed by atoms with E-state index in [2.05, 4.69) is 39.8 Å². The maximum Gasteiger partial charge on any atom is 0.256 e. The van der Waals surface area contributed by atoms with Gasteiger partial charge >= 0.3 is 0 Å². The molecule has 2 aromatic carbocycles. The minimum atomic E-state index is -0.346. The first kappa shape index (κ1) is 19.9. The highest BCUT2D eigenvalue weighted by Crippen LogP contribution is 2.42. The second kappa shape index (κ2) is 8.24. The molecule has 3 heterocycles. The second-order valence-electron chi connectivity index (χ2n) is 7.81. The molecule has 6 nitrogen and oxygen atoms in total. The van der Waals surface area contributed by atoms with Gasteiger partial charge in [-0.25, -0.2) is 0 Å². The van der Waals surface area contributed by atoms with Crippen molar-refractivity contribution in [3.05, 3.63) is 75.7 Å². The smallest absolute Gasteiger partial charge is 0.256 e. The molecule has 2 aliphatic rings. The lowest BCUT2D eigenvalue weighted by atomic mass is 9.99. The number of thiophene rings is 1. The third-order valence-electron chi connectivity index (χ3n) is 5.91. The van der Waals surface area contributed by atoms with Crippen LogP contribution in [0.15, 0.2) is 48.5 Å². The fourth-order valence-corrected chi connectivity index (χ4v) is 5.67. The highest BCUT2D eigenvalue weighted by atomic mass is 32.1. The van der Waals surface area contributed by atoms with Gasteiger partial charge in [0.25, 0.3) is 5.91 Å². The molecule has 1 amide bonds. The number of benzene rings is 2. The monoisotopic (exact) mass is 435 g/mol. The molecule has 7 heteroatoms. The Labute approximate surface area is 185 Å². The van der Waals surface area contributed by atoms with E-state index in [1.165, 1.54) is 16.0 Å². The van der Waals surface area contributed by atoms with E-state index >= 15 is 0 Å². The summed E-state index contributed by atoms with van der Waals surface area (Å²) in [5.41, 5.74) is 4.19. The number of hydrogen-bond donors (Lipinski definition) is 2. The van der Waals surface area contributed by atoms with Crippen molar-refractivity contribution < 1.29 is 14.3 Å². The lowest BCUT2D eigenvalue weighted by Gasteiger charge is -2.29. The third-order valence-corrected chi connectivity index (χ3v) is 7.06. The van der Waals surface area contributed by atoms with Gasteiger partial charge in [-0.05, 0) is 29.7 Å². The molecule has 31 heavy (non-hydrogen) atoms.